The van der Waals surface area contributed by atoms with Crippen LogP contribution in [-0.4, -0.2) is 29.9 Å². The number of hydrogen-bond donors (Lipinski definition) is 2. The van der Waals surface area contributed by atoms with Crippen molar-refractivity contribution in [3.05, 3.63) is 42.5 Å². The van der Waals surface area contributed by atoms with Crippen molar-refractivity contribution in [2.75, 3.05) is 11.3 Å². The van der Waals surface area contributed by atoms with Gasteiger partial charge >= 0.3 is 0 Å². The SMILES string of the molecule is O=S(=O)(Nc1cnn(CCO)c1)c1cccc(F)c1. The van der Waals surface area contributed by atoms with Crippen molar-refractivity contribution in [3.8, 4) is 0 Å². The highest BCUT2D eigenvalue weighted by Crippen LogP contribution is 2.16. The molecule has 0 aliphatic heterocycles. The monoisotopic (exact) mass is 285 g/mol. The second-order valence-corrected chi connectivity index (χ2v) is 5.46. The molecule has 1 aromatic carbocycles. The van der Waals surface area contributed by atoms with Gasteiger partial charge in [0.15, 0.2) is 0 Å². The summed E-state index contributed by atoms with van der Waals surface area (Å²) in [6, 6.07) is 4.71. The van der Waals surface area contributed by atoms with Gasteiger partial charge < -0.3 is 5.11 Å². The Morgan fingerprint density at radius 2 is 2.21 bits per heavy atom. The van der Waals surface area contributed by atoms with Crippen LogP contribution in [0.25, 0.3) is 0 Å². The second kappa shape index (κ2) is 5.37. The van der Waals surface area contributed by atoms with Gasteiger partial charge in [0.2, 0.25) is 0 Å². The van der Waals surface area contributed by atoms with Crippen LogP contribution in [-0.2, 0) is 16.6 Å². The Labute approximate surface area is 109 Å². The number of benzene rings is 1. The minimum Gasteiger partial charge on any atom is -0.394 e. The Morgan fingerprint density at radius 1 is 1.42 bits per heavy atom. The highest BCUT2D eigenvalue weighted by Gasteiger charge is 2.15. The summed E-state index contributed by atoms with van der Waals surface area (Å²) in [5.41, 5.74) is 0.248. The van der Waals surface area contributed by atoms with Gasteiger partial charge in [-0.15, -0.1) is 0 Å². The highest BCUT2D eigenvalue weighted by atomic mass is 32.2. The summed E-state index contributed by atoms with van der Waals surface area (Å²) in [4.78, 5) is -0.164. The molecular formula is C11H12FN3O3S. The normalized spacial score (nSPS) is 11.5. The van der Waals surface area contributed by atoms with Gasteiger partial charge in [-0.1, -0.05) is 6.07 Å². The van der Waals surface area contributed by atoms with E-state index in [9.17, 15) is 12.8 Å². The summed E-state index contributed by atoms with van der Waals surface area (Å²) in [7, 11) is -3.84. The molecule has 0 aliphatic rings. The minimum atomic E-state index is -3.84. The first-order valence-electron chi connectivity index (χ1n) is 5.43. The van der Waals surface area contributed by atoms with E-state index in [2.05, 4.69) is 9.82 Å². The van der Waals surface area contributed by atoms with E-state index in [0.29, 0.717) is 0 Å². The smallest absolute Gasteiger partial charge is 0.262 e. The van der Waals surface area contributed by atoms with Crippen LogP contribution in [0.2, 0.25) is 0 Å². The fourth-order valence-corrected chi connectivity index (χ4v) is 2.55. The second-order valence-electron chi connectivity index (χ2n) is 3.78. The van der Waals surface area contributed by atoms with Crippen molar-refractivity contribution < 1.29 is 17.9 Å². The first-order chi connectivity index (χ1) is 9.01. The number of nitrogens with zero attached hydrogens (tertiary/aromatic N) is 2. The molecule has 2 aromatic rings. The molecule has 0 bridgehead atoms. The molecule has 0 aliphatic carbocycles. The maximum Gasteiger partial charge on any atom is 0.262 e. The average Bonchev–Trinajstić information content (AvgIpc) is 2.76. The molecular weight excluding hydrogens is 273 g/mol. The molecule has 8 heteroatoms. The van der Waals surface area contributed by atoms with E-state index >= 15 is 0 Å². The zero-order valence-electron chi connectivity index (χ0n) is 9.82. The average molecular weight is 285 g/mol. The largest absolute Gasteiger partial charge is 0.394 e. The fourth-order valence-electron chi connectivity index (χ4n) is 1.49. The summed E-state index contributed by atoms with van der Waals surface area (Å²) in [6.07, 6.45) is 2.75. The first kappa shape index (κ1) is 13.5. The number of nitrogens with one attached hydrogen (secondary N) is 1. The molecule has 0 saturated carbocycles. The first-order valence-corrected chi connectivity index (χ1v) is 6.91. The van der Waals surface area contributed by atoms with E-state index in [1.54, 1.807) is 0 Å². The van der Waals surface area contributed by atoms with E-state index in [0.717, 1.165) is 12.1 Å². The lowest BCUT2D eigenvalue weighted by Crippen LogP contribution is -2.12. The lowest BCUT2D eigenvalue weighted by Gasteiger charge is -2.05. The molecule has 19 heavy (non-hydrogen) atoms. The van der Waals surface area contributed by atoms with Crippen molar-refractivity contribution in [2.24, 2.45) is 0 Å². The predicted molar refractivity (Wildman–Crippen MR) is 66.5 cm³/mol. The highest BCUT2D eigenvalue weighted by molar-refractivity contribution is 7.92. The Bertz CT molecular complexity index is 669. The summed E-state index contributed by atoms with van der Waals surface area (Å²) < 4.78 is 40.6. The van der Waals surface area contributed by atoms with Crippen LogP contribution < -0.4 is 4.72 Å². The maximum absolute atomic E-state index is 13.0. The van der Waals surface area contributed by atoms with Gasteiger partial charge in [0, 0.05) is 6.20 Å². The molecule has 0 atom stereocenters. The van der Waals surface area contributed by atoms with E-state index in [1.807, 2.05) is 0 Å². The molecule has 0 saturated heterocycles. The molecule has 6 nitrogen and oxygen atoms in total. The molecule has 2 rings (SSSR count). The molecule has 0 spiro atoms. The predicted octanol–water partition coefficient (Wildman–Crippen LogP) is 0.815. The molecule has 1 heterocycles. The van der Waals surface area contributed by atoms with Crippen LogP contribution in [0.15, 0.2) is 41.6 Å². The summed E-state index contributed by atoms with van der Waals surface area (Å²) in [5.74, 6) is -0.626. The van der Waals surface area contributed by atoms with E-state index in [1.165, 1.54) is 29.2 Å². The van der Waals surface area contributed by atoms with Gasteiger partial charge in [-0.2, -0.15) is 5.10 Å². The number of rotatable bonds is 5. The Morgan fingerprint density at radius 3 is 2.89 bits per heavy atom. The third kappa shape index (κ3) is 3.30. The Balaban J connectivity index is 2.21. The lowest BCUT2D eigenvalue weighted by molar-refractivity contribution is 0.269. The molecule has 0 unspecified atom stereocenters. The molecule has 1 aromatic heterocycles. The van der Waals surface area contributed by atoms with Crippen molar-refractivity contribution in [1.82, 2.24) is 9.78 Å². The van der Waals surface area contributed by atoms with E-state index in [-0.39, 0.29) is 23.7 Å². The van der Waals surface area contributed by atoms with Gasteiger partial charge in [0.05, 0.1) is 29.9 Å². The van der Waals surface area contributed by atoms with Crippen LogP contribution >= 0.6 is 0 Å². The summed E-state index contributed by atoms with van der Waals surface area (Å²) in [5, 5.41) is 12.6. The van der Waals surface area contributed by atoms with Gasteiger partial charge in [-0.3, -0.25) is 9.40 Å². The van der Waals surface area contributed by atoms with Crippen LogP contribution in [0, 0.1) is 5.82 Å². The van der Waals surface area contributed by atoms with Crippen molar-refractivity contribution in [2.45, 2.75) is 11.4 Å². The van der Waals surface area contributed by atoms with Gasteiger partial charge in [0.1, 0.15) is 5.82 Å². The summed E-state index contributed by atoms with van der Waals surface area (Å²) in [6.45, 7) is 0.166. The van der Waals surface area contributed by atoms with E-state index < -0.39 is 15.8 Å². The number of hydrogen-bond acceptors (Lipinski definition) is 4. The number of aromatic nitrogens is 2. The Hall–Kier alpha value is -1.93. The van der Waals surface area contributed by atoms with Gasteiger partial charge in [-0.25, -0.2) is 12.8 Å². The standard InChI is InChI=1S/C11H12FN3O3S/c12-9-2-1-3-11(6-9)19(17,18)14-10-7-13-15(8-10)4-5-16/h1-3,6-8,14,16H,4-5H2. The van der Waals surface area contributed by atoms with Gasteiger partial charge in [-0.05, 0) is 18.2 Å². The molecule has 0 fully saturated rings. The van der Waals surface area contributed by atoms with Crippen molar-refractivity contribution in [3.63, 3.8) is 0 Å². The lowest BCUT2D eigenvalue weighted by atomic mass is 10.4. The number of anilines is 1. The number of sulfonamides is 1. The summed E-state index contributed by atoms with van der Waals surface area (Å²) >= 11 is 0. The van der Waals surface area contributed by atoms with Crippen LogP contribution in [0.3, 0.4) is 0 Å². The fraction of sp³-hybridized carbons (Fsp3) is 0.182. The topological polar surface area (TPSA) is 84.2 Å². The van der Waals surface area contributed by atoms with E-state index in [4.69, 9.17) is 5.11 Å². The van der Waals surface area contributed by atoms with Crippen LogP contribution in [0.4, 0.5) is 10.1 Å². The zero-order valence-corrected chi connectivity index (χ0v) is 10.6. The van der Waals surface area contributed by atoms with Crippen molar-refractivity contribution >= 4 is 15.7 Å². The Kier molecular flexibility index (Phi) is 3.82. The zero-order chi connectivity index (χ0) is 13.9. The van der Waals surface area contributed by atoms with Crippen molar-refractivity contribution in [1.29, 1.82) is 0 Å². The minimum absolute atomic E-state index is 0.0994. The number of aliphatic hydroxyl groups is 1. The van der Waals surface area contributed by atoms with Crippen LogP contribution in [0.1, 0.15) is 0 Å². The third-order valence-corrected chi connectivity index (χ3v) is 3.70. The number of halogens is 1. The molecule has 2 N–H and O–H groups in total. The molecule has 0 radical (unpaired) electrons. The molecule has 0 amide bonds. The third-order valence-electron chi connectivity index (χ3n) is 2.32. The number of aliphatic hydroxyl groups excluding tert-OH is 1. The maximum atomic E-state index is 13.0. The quantitative estimate of drug-likeness (QED) is 0.851. The van der Waals surface area contributed by atoms with Gasteiger partial charge in [0.25, 0.3) is 10.0 Å². The molecule has 102 valence electrons. The van der Waals surface area contributed by atoms with Crippen LogP contribution in [0.5, 0.6) is 0 Å².